The number of fused-ring (bicyclic) bond motifs is 2. The lowest BCUT2D eigenvalue weighted by Gasteiger charge is -2.29. The molecule has 2 N–H and O–H groups in total. The molecular weight excluding hydrogens is 370 g/mol. The van der Waals surface area contributed by atoms with E-state index in [4.69, 9.17) is 24.7 Å². The standard InChI is InChI=1S/C22H23N3O4/c1-4-25(5-2)13-6-7-14-18(10-13)29-22(24)16(11-23)19(14)15-8-9-17-21(20(15)26-3)28-12-27-17/h6-10,19H,4-5,12,24H2,1-3H3. The summed E-state index contributed by atoms with van der Waals surface area (Å²) in [5.41, 5.74) is 9.16. The number of methoxy groups -OCH3 is 1. The van der Waals surface area contributed by atoms with Crippen molar-refractivity contribution in [3.63, 3.8) is 0 Å². The predicted octanol–water partition coefficient (Wildman–Crippen LogP) is 3.49. The van der Waals surface area contributed by atoms with Gasteiger partial charge in [0.2, 0.25) is 18.4 Å². The monoisotopic (exact) mass is 393 g/mol. The fraction of sp³-hybridized carbons (Fsp3) is 0.318. The van der Waals surface area contributed by atoms with Crippen molar-refractivity contribution >= 4 is 5.69 Å². The molecule has 7 heteroatoms. The molecule has 2 heterocycles. The quantitative estimate of drug-likeness (QED) is 0.831. The molecule has 2 aromatic carbocycles. The molecule has 0 saturated carbocycles. The minimum absolute atomic E-state index is 0.0985. The molecule has 4 rings (SSSR count). The van der Waals surface area contributed by atoms with Crippen molar-refractivity contribution in [1.82, 2.24) is 0 Å². The molecule has 0 saturated heterocycles. The lowest BCUT2D eigenvalue weighted by molar-refractivity contribution is 0.171. The molecular formula is C22H23N3O4. The first-order valence-corrected chi connectivity index (χ1v) is 9.55. The van der Waals surface area contributed by atoms with Gasteiger partial charge in [-0.05, 0) is 26.0 Å². The first-order chi connectivity index (χ1) is 14.1. The second-order valence-corrected chi connectivity index (χ2v) is 6.74. The Balaban J connectivity index is 1.89. The third-order valence-electron chi connectivity index (χ3n) is 5.37. The minimum atomic E-state index is -0.432. The average molecular weight is 393 g/mol. The van der Waals surface area contributed by atoms with Crippen molar-refractivity contribution in [1.29, 1.82) is 5.26 Å². The Hall–Kier alpha value is -3.53. The minimum Gasteiger partial charge on any atom is -0.492 e. The molecule has 0 fully saturated rings. The Labute approximate surface area is 169 Å². The molecule has 0 aromatic heterocycles. The topological polar surface area (TPSA) is 90.0 Å². The third-order valence-corrected chi connectivity index (χ3v) is 5.37. The fourth-order valence-corrected chi connectivity index (χ4v) is 3.95. The van der Waals surface area contributed by atoms with E-state index in [1.54, 1.807) is 7.11 Å². The molecule has 0 radical (unpaired) electrons. The first-order valence-electron chi connectivity index (χ1n) is 9.55. The Morgan fingerprint density at radius 1 is 1.14 bits per heavy atom. The summed E-state index contributed by atoms with van der Waals surface area (Å²) in [5, 5.41) is 9.82. The molecule has 2 aromatic rings. The maximum Gasteiger partial charge on any atom is 0.231 e. The van der Waals surface area contributed by atoms with Gasteiger partial charge in [-0.1, -0.05) is 12.1 Å². The summed E-state index contributed by atoms with van der Waals surface area (Å²) < 4.78 is 22.6. The summed E-state index contributed by atoms with van der Waals surface area (Å²) in [6.45, 7) is 6.10. The highest BCUT2D eigenvalue weighted by Gasteiger charge is 2.35. The predicted molar refractivity (Wildman–Crippen MR) is 108 cm³/mol. The molecule has 150 valence electrons. The van der Waals surface area contributed by atoms with Crippen LogP contribution in [-0.4, -0.2) is 27.0 Å². The molecule has 2 aliphatic rings. The number of hydrogen-bond donors (Lipinski definition) is 1. The average Bonchev–Trinajstić information content (AvgIpc) is 3.21. The Morgan fingerprint density at radius 2 is 1.90 bits per heavy atom. The number of anilines is 1. The van der Waals surface area contributed by atoms with Crippen LogP contribution in [0, 0.1) is 11.3 Å². The second kappa shape index (κ2) is 7.47. The van der Waals surface area contributed by atoms with Crippen molar-refractivity contribution < 1.29 is 18.9 Å². The van der Waals surface area contributed by atoms with Crippen LogP contribution in [0.1, 0.15) is 30.9 Å². The smallest absolute Gasteiger partial charge is 0.231 e. The van der Waals surface area contributed by atoms with Gasteiger partial charge in [0, 0.05) is 36.0 Å². The number of ether oxygens (including phenoxy) is 4. The van der Waals surface area contributed by atoms with Crippen molar-refractivity contribution in [3.8, 4) is 29.1 Å². The van der Waals surface area contributed by atoms with Crippen LogP contribution >= 0.6 is 0 Å². The summed E-state index contributed by atoms with van der Waals surface area (Å²) in [5.74, 6) is 1.99. The zero-order chi connectivity index (χ0) is 20.5. The second-order valence-electron chi connectivity index (χ2n) is 6.74. The lowest BCUT2D eigenvalue weighted by atomic mass is 9.82. The molecule has 2 aliphatic heterocycles. The van der Waals surface area contributed by atoms with Crippen molar-refractivity contribution in [2.24, 2.45) is 5.73 Å². The maximum absolute atomic E-state index is 9.82. The maximum atomic E-state index is 9.82. The van der Waals surface area contributed by atoms with Crippen LogP contribution in [0.4, 0.5) is 5.69 Å². The van der Waals surface area contributed by atoms with E-state index in [-0.39, 0.29) is 12.7 Å². The van der Waals surface area contributed by atoms with Crippen molar-refractivity contribution in [2.75, 3.05) is 31.9 Å². The highest BCUT2D eigenvalue weighted by atomic mass is 16.7. The Kier molecular flexibility index (Phi) is 4.85. The molecule has 29 heavy (non-hydrogen) atoms. The molecule has 0 spiro atoms. The normalized spacial score (nSPS) is 16.7. The van der Waals surface area contributed by atoms with Gasteiger partial charge in [-0.3, -0.25) is 0 Å². The number of rotatable bonds is 5. The van der Waals surface area contributed by atoms with E-state index in [1.807, 2.05) is 30.3 Å². The van der Waals surface area contributed by atoms with E-state index in [0.29, 0.717) is 28.6 Å². The molecule has 0 amide bonds. The van der Waals surface area contributed by atoms with E-state index in [1.165, 1.54) is 0 Å². The van der Waals surface area contributed by atoms with Gasteiger partial charge in [-0.25, -0.2) is 0 Å². The number of allylic oxidation sites excluding steroid dienone is 1. The summed E-state index contributed by atoms with van der Waals surface area (Å²) in [6.07, 6.45) is 0. The molecule has 7 nitrogen and oxygen atoms in total. The van der Waals surface area contributed by atoms with E-state index in [0.717, 1.165) is 29.9 Å². The fourth-order valence-electron chi connectivity index (χ4n) is 3.95. The Bertz CT molecular complexity index is 1020. The highest BCUT2D eigenvalue weighted by Crippen LogP contribution is 2.51. The van der Waals surface area contributed by atoms with Crippen LogP contribution in [0.15, 0.2) is 41.8 Å². The van der Waals surface area contributed by atoms with E-state index in [2.05, 4.69) is 24.8 Å². The third kappa shape index (κ3) is 2.97. The highest BCUT2D eigenvalue weighted by molar-refractivity contribution is 5.66. The van der Waals surface area contributed by atoms with Crippen LogP contribution in [0.25, 0.3) is 0 Å². The summed E-state index contributed by atoms with van der Waals surface area (Å²) >= 11 is 0. The first kappa shape index (κ1) is 18.8. The SMILES string of the molecule is CCN(CC)c1ccc2c(c1)OC(N)=C(C#N)C2c1ccc2c(c1OC)OCO2. The lowest BCUT2D eigenvalue weighted by Crippen LogP contribution is -2.24. The van der Waals surface area contributed by atoms with Crippen LogP contribution in [0.5, 0.6) is 23.0 Å². The zero-order valence-corrected chi connectivity index (χ0v) is 16.7. The number of hydrogen-bond acceptors (Lipinski definition) is 7. The van der Waals surface area contributed by atoms with Gasteiger partial charge in [0.25, 0.3) is 0 Å². The van der Waals surface area contributed by atoms with Crippen molar-refractivity contribution in [2.45, 2.75) is 19.8 Å². The van der Waals surface area contributed by atoms with Gasteiger partial charge in [0.15, 0.2) is 11.5 Å². The number of benzene rings is 2. The van der Waals surface area contributed by atoms with Gasteiger partial charge in [-0.2, -0.15) is 5.26 Å². The number of nitrogens with zero attached hydrogens (tertiary/aromatic N) is 2. The van der Waals surface area contributed by atoms with Crippen molar-refractivity contribution in [3.05, 3.63) is 52.9 Å². The summed E-state index contributed by atoms with van der Waals surface area (Å²) in [7, 11) is 1.57. The van der Waals surface area contributed by atoms with Gasteiger partial charge in [-0.15, -0.1) is 0 Å². The summed E-state index contributed by atoms with van der Waals surface area (Å²) in [6, 6.07) is 11.9. The molecule has 0 aliphatic carbocycles. The largest absolute Gasteiger partial charge is 0.492 e. The van der Waals surface area contributed by atoms with E-state index >= 15 is 0 Å². The summed E-state index contributed by atoms with van der Waals surface area (Å²) in [4.78, 5) is 2.22. The van der Waals surface area contributed by atoms with Gasteiger partial charge >= 0.3 is 0 Å². The van der Waals surface area contributed by atoms with Crippen LogP contribution in [0.2, 0.25) is 0 Å². The van der Waals surface area contributed by atoms with Gasteiger partial charge in [0.1, 0.15) is 17.4 Å². The van der Waals surface area contributed by atoms with Gasteiger partial charge < -0.3 is 29.6 Å². The van der Waals surface area contributed by atoms with E-state index in [9.17, 15) is 5.26 Å². The Morgan fingerprint density at radius 3 is 2.59 bits per heavy atom. The molecule has 1 unspecified atom stereocenters. The molecule has 1 atom stereocenters. The molecule has 0 bridgehead atoms. The number of nitrogens with two attached hydrogens (primary N) is 1. The van der Waals surface area contributed by atoms with Crippen LogP contribution in [-0.2, 0) is 0 Å². The number of nitriles is 1. The van der Waals surface area contributed by atoms with Gasteiger partial charge in [0.05, 0.1) is 13.0 Å². The van der Waals surface area contributed by atoms with Crippen LogP contribution in [0.3, 0.4) is 0 Å². The van der Waals surface area contributed by atoms with Crippen LogP contribution < -0.4 is 29.6 Å². The zero-order valence-electron chi connectivity index (χ0n) is 16.7. The van der Waals surface area contributed by atoms with E-state index < -0.39 is 5.92 Å².